The van der Waals surface area contributed by atoms with Gasteiger partial charge >= 0.3 is 0 Å². The summed E-state index contributed by atoms with van der Waals surface area (Å²) < 4.78 is 11.1. The van der Waals surface area contributed by atoms with Crippen molar-refractivity contribution in [3.8, 4) is 22.8 Å². The fourth-order valence-electron chi connectivity index (χ4n) is 2.78. The number of anilines is 1. The molecule has 3 heterocycles. The summed E-state index contributed by atoms with van der Waals surface area (Å²) in [7, 11) is 0. The van der Waals surface area contributed by atoms with Crippen molar-refractivity contribution in [1.82, 2.24) is 10.3 Å². The lowest BCUT2D eigenvalue weighted by atomic mass is 10.1. The molecule has 0 bridgehead atoms. The number of nitrogens with zero attached hydrogens (tertiary/aromatic N) is 1. The van der Waals surface area contributed by atoms with E-state index in [2.05, 4.69) is 15.6 Å². The van der Waals surface area contributed by atoms with Crippen LogP contribution >= 0.6 is 11.3 Å². The molecular formula is C16H17N3O4S. The van der Waals surface area contributed by atoms with E-state index >= 15 is 0 Å². The highest BCUT2D eigenvalue weighted by Gasteiger charge is 2.28. The van der Waals surface area contributed by atoms with Crippen LogP contribution in [-0.4, -0.2) is 47.9 Å². The quantitative estimate of drug-likeness (QED) is 0.774. The molecule has 7 nitrogen and oxygen atoms in total. The molecule has 4 rings (SSSR count). The van der Waals surface area contributed by atoms with Crippen LogP contribution < -0.4 is 20.1 Å². The summed E-state index contributed by atoms with van der Waals surface area (Å²) in [6.45, 7) is 1.54. The second-order valence-corrected chi connectivity index (χ2v) is 6.59. The van der Waals surface area contributed by atoms with Crippen LogP contribution in [0.15, 0.2) is 23.6 Å². The van der Waals surface area contributed by atoms with E-state index in [1.165, 1.54) is 11.3 Å². The summed E-state index contributed by atoms with van der Waals surface area (Å²) in [6.07, 6.45) is -0.0445. The number of aliphatic hydroxyl groups is 1. The summed E-state index contributed by atoms with van der Waals surface area (Å²) in [6, 6.07) is 5.31. The zero-order valence-corrected chi connectivity index (χ0v) is 13.6. The first-order chi connectivity index (χ1) is 11.7. The minimum Gasteiger partial charge on any atom is -0.486 e. The van der Waals surface area contributed by atoms with Crippen molar-refractivity contribution in [3.05, 3.63) is 23.6 Å². The van der Waals surface area contributed by atoms with Crippen LogP contribution in [0.4, 0.5) is 5.13 Å². The van der Waals surface area contributed by atoms with Gasteiger partial charge in [-0.2, -0.15) is 0 Å². The Bertz CT molecular complexity index is 764. The lowest BCUT2D eigenvalue weighted by Gasteiger charge is -2.18. The van der Waals surface area contributed by atoms with Crippen molar-refractivity contribution < 1.29 is 19.4 Å². The largest absolute Gasteiger partial charge is 0.486 e. The second kappa shape index (κ2) is 6.39. The van der Waals surface area contributed by atoms with Gasteiger partial charge in [-0.25, -0.2) is 4.98 Å². The summed E-state index contributed by atoms with van der Waals surface area (Å²) >= 11 is 1.36. The fourth-order valence-corrected chi connectivity index (χ4v) is 3.50. The van der Waals surface area contributed by atoms with Gasteiger partial charge in [0.15, 0.2) is 16.6 Å². The van der Waals surface area contributed by atoms with Gasteiger partial charge in [0.25, 0.3) is 0 Å². The molecule has 3 N–H and O–H groups in total. The summed E-state index contributed by atoms with van der Waals surface area (Å²) in [4.78, 5) is 16.6. The minimum atomic E-state index is -0.467. The van der Waals surface area contributed by atoms with Crippen LogP contribution in [0.2, 0.25) is 0 Å². The maximum Gasteiger partial charge on any atom is 0.243 e. The molecule has 0 radical (unpaired) electrons. The van der Waals surface area contributed by atoms with Gasteiger partial charge in [0, 0.05) is 17.5 Å². The first-order valence-corrected chi connectivity index (χ1v) is 8.65. The highest BCUT2D eigenvalue weighted by molar-refractivity contribution is 7.14. The fraction of sp³-hybridized carbons (Fsp3) is 0.375. The molecule has 0 spiro atoms. The Balaban J connectivity index is 1.47. The third kappa shape index (κ3) is 3.08. The van der Waals surface area contributed by atoms with Crippen LogP contribution in [0.3, 0.4) is 0 Å². The molecule has 1 aromatic carbocycles. The Labute approximate surface area is 142 Å². The highest BCUT2D eigenvalue weighted by Crippen LogP contribution is 2.35. The van der Waals surface area contributed by atoms with Gasteiger partial charge in [-0.15, -0.1) is 11.3 Å². The van der Waals surface area contributed by atoms with E-state index < -0.39 is 6.10 Å². The number of aromatic nitrogens is 1. The van der Waals surface area contributed by atoms with E-state index in [1.807, 2.05) is 23.6 Å². The number of thiazole rings is 1. The molecule has 1 saturated heterocycles. The summed E-state index contributed by atoms with van der Waals surface area (Å²) in [5.74, 6) is 1.27. The third-order valence-corrected chi connectivity index (χ3v) is 4.75. The number of nitrogens with one attached hydrogen (secondary N) is 2. The molecule has 1 aromatic heterocycles. The molecular weight excluding hydrogens is 330 g/mol. The number of hydrogen-bond donors (Lipinski definition) is 3. The molecule has 126 valence electrons. The first-order valence-electron chi connectivity index (χ1n) is 7.77. The number of ether oxygens (including phenoxy) is 2. The molecule has 2 aromatic rings. The van der Waals surface area contributed by atoms with Crippen molar-refractivity contribution >= 4 is 22.4 Å². The first kappa shape index (κ1) is 15.4. The monoisotopic (exact) mass is 347 g/mol. The number of amides is 1. The molecule has 0 aliphatic carbocycles. The normalized spacial score (nSPS) is 22.4. The maximum absolute atomic E-state index is 12.1. The summed E-state index contributed by atoms with van der Waals surface area (Å²) in [5, 5.41) is 17.7. The highest BCUT2D eigenvalue weighted by atomic mass is 32.1. The Kier molecular flexibility index (Phi) is 4.09. The van der Waals surface area contributed by atoms with Crippen LogP contribution in [0, 0.1) is 0 Å². The number of hydrogen-bond acceptors (Lipinski definition) is 7. The number of fused-ring (bicyclic) bond motifs is 1. The van der Waals surface area contributed by atoms with Gasteiger partial charge in [-0.1, -0.05) is 0 Å². The molecule has 1 amide bonds. The molecule has 2 atom stereocenters. The average molecular weight is 347 g/mol. The van der Waals surface area contributed by atoms with Gasteiger partial charge in [-0.3, -0.25) is 4.79 Å². The molecule has 2 aliphatic heterocycles. The van der Waals surface area contributed by atoms with E-state index in [1.54, 1.807) is 0 Å². The van der Waals surface area contributed by atoms with Crippen LogP contribution in [0.5, 0.6) is 11.5 Å². The predicted molar refractivity (Wildman–Crippen MR) is 89.6 cm³/mol. The van der Waals surface area contributed by atoms with E-state index in [0.717, 1.165) is 17.0 Å². The topological polar surface area (TPSA) is 92.7 Å². The third-order valence-electron chi connectivity index (χ3n) is 4.00. The van der Waals surface area contributed by atoms with Crippen LogP contribution in [-0.2, 0) is 4.79 Å². The maximum atomic E-state index is 12.1. The van der Waals surface area contributed by atoms with Gasteiger partial charge < -0.3 is 25.2 Å². The Hall–Kier alpha value is -2.16. The second-order valence-electron chi connectivity index (χ2n) is 5.74. The van der Waals surface area contributed by atoms with Crippen LogP contribution in [0.25, 0.3) is 11.3 Å². The minimum absolute atomic E-state index is 0.172. The molecule has 2 unspecified atom stereocenters. The van der Waals surface area contributed by atoms with E-state index in [0.29, 0.717) is 37.1 Å². The Morgan fingerprint density at radius 2 is 2.17 bits per heavy atom. The SMILES string of the molecule is O=C(Nc1nc(-c2ccc3c(c2)OCCO3)cs1)C1CC(O)CN1. The van der Waals surface area contributed by atoms with Gasteiger partial charge in [0.05, 0.1) is 17.8 Å². The standard InChI is InChI=1S/C16H17N3O4S/c20-10-6-11(17-7-10)15(21)19-16-18-12(8-24-16)9-1-2-13-14(5-9)23-4-3-22-13/h1-2,5,8,10-11,17,20H,3-4,6-7H2,(H,18,19,21). The number of carbonyl (C=O) groups excluding carboxylic acids is 1. The Morgan fingerprint density at radius 3 is 2.96 bits per heavy atom. The van der Waals surface area contributed by atoms with E-state index in [-0.39, 0.29) is 11.9 Å². The molecule has 8 heteroatoms. The number of carbonyl (C=O) groups is 1. The van der Waals surface area contributed by atoms with E-state index in [4.69, 9.17) is 9.47 Å². The Morgan fingerprint density at radius 1 is 1.33 bits per heavy atom. The van der Waals surface area contributed by atoms with E-state index in [9.17, 15) is 9.90 Å². The van der Waals surface area contributed by atoms with Gasteiger partial charge in [-0.05, 0) is 24.6 Å². The zero-order valence-electron chi connectivity index (χ0n) is 12.8. The lowest BCUT2D eigenvalue weighted by molar-refractivity contribution is -0.117. The van der Waals surface area contributed by atoms with Crippen molar-refractivity contribution in [2.24, 2.45) is 0 Å². The van der Waals surface area contributed by atoms with Crippen molar-refractivity contribution in [3.63, 3.8) is 0 Å². The van der Waals surface area contributed by atoms with Gasteiger partial charge in [0.1, 0.15) is 13.2 Å². The molecule has 24 heavy (non-hydrogen) atoms. The number of β-amino-alcohol motifs (C(OH)–C–C–N with tert-alkyl or cyclic N) is 1. The van der Waals surface area contributed by atoms with Gasteiger partial charge in [0.2, 0.25) is 5.91 Å². The van der Waals surface area contributed by atoms with Crippen molar-refractivity contribution in [2.45, 2.75) is 18.6 Å². The lowest BCUT2D eigenvalue weighted by Crippen LogP contribution is -2.35. The average Bonchev–Trinajstić information content (AvgIpc) is 3.23. The number of aliphatic hydroxyl groups excluding tert-OH is 1. The van der Waals surface area contributed by atoms with Crippen molar-refractivity contribution in [1.29, 1.82) is 0 Å². The molecule has 2 aliphatic rings. The van der Waals surface area contributed by atoms with Crippen LogP contribution in [0.1, 0.15) is 6.42 Å². The van der Waals surface area contributed by atoms with Crippen molar-refractivity contribution in [2.75, 3.05) is 25.1 Å². The molecule has 1 fully saturated rings. The molecule has 0 saturated carbocycles. The zero-order chi connectivity index (χ0) is 16.5. The number of rotatable bonds is 3. The predicted octanol–water partition coefficient (Wildman–Crippen LogP) is 1.24. The smallest absolute Gasteiger partial charge is 0.243 e. The summed E-state index contributed by atoms with van der Waals surface area (Å²) in [5.41, 5.74) is 1.68. The number of benzene rings is 1.